The van der Waals surface area contributed by atoms with Gasteiger partial charge in [-0.15, -0.1) is 6.58 Å². The average molecular weight is 267 g/mol. The van der Waals surface area contributed by atoms with E-state index in [1.807, 2.05) is 36.4 Å². The molecule has 5 nitrogen and oxygen atoms in total. The van der Waals surface area contributed by atoms with Gasteiger partial charge < -0.3 is 10.2 Å². The third-order valence-electron chi connectivity index (χ3n) is 2.51. The van der Waals surface area contributed by atoms with E-state index < -0.39 is 0 Å². The molecule has 0 aromatic heterocycles. The van der Waals surface area contributed by atoms with Crippen LogP contribution in [0.5, 0.6) is 0 Å². The van der Waals surface area contributed by atoms with Crippen LogP contribution >= 0.6 is 0 Å². The summed E-state index contributed by atoms with van der Waals surface area (Å²) in [6.07, 6.45) is 1.81. The highest BCUT2D eigenvalue weighted by Crippen LogP contribution is 2.18. The van der Waals surface area contributed by atoms with E-state index in [2.05, 4.69) is 6.58 Å². The first-order valence-electron chi connectivity index (χ1n) is 6.24. The Kier molecular flexibility index (Phi) is 8.04. The van der Waals surface area contributed by atoms with Crippen molar-refractivity contribution in [3.05, 3.63) is 48.6 Å². The number of hydrogen-bond acceptors (Lipinski definition) is 5. The van der Waals surface area contributed by atoms with Crippen LogP contribution in [-0.2, 0) is 9.68 Å². The predicted molar refractivity (Wildman–Crippen MR) is 72.2 cm³/mol. The van der Waals surface area contributed by atoms with Crippen LogP contribution in [-0.4, -0.2) is 48.4 Å². The second kappa shape index (κ2) is 9.66. The highest BCUT2D eigenvalue weighted by molar-refractivity contribution is 5.23. The second-order valence-corrected chi connectivity index (χ2v) is 3.88. The van der Waals surface area contributed by atoms with Crippen LogP contribution in [0, 0.1) is 0 Å². The van der Waals surface area contributed by atoms with E-state index in [0.29, 0.717) is 6.54 Å². The average Bonchev–Trinajstić information content (AvgIpc) is 2.47. The molecule has 0 heterocycles. The van der Waals surface area contributed by atoms with Crippen molar-refractivity contribution in [2.75, 3.05) is 33.0 Å². The van der Waals surface area contributed by atoms with E-state index in [9.17, 15) is 0 Å². The molecule has 1 aromatic rings. The van der Waals surface area contributed by atoms with Crippen molar-refractivity contribution < 1.29 is 19.9 Å². The van der Waals surface area contributed by atoms with Crippen LogP contribution in [0.25, 0.3) is 0 Å². The molecule has 106 valence electrons. The number of nitrogens with zero attached hydrogens (tertiary/aromatic N) is 1. The zero-order valence-corrected chi connectivity index (χ0v) is 10.9. The van der Waals surface area contributed by atoms with Crippen LogP contribution in [0.1, 0.15) is 11.5 Å². The van der Waals surface area contributed by atoms with E-state index in [-0.39, 0.29) is 32.3 Å². The van der Waals surface area contributed by atoms with Crippen LogP contribution in [0.15, 0.2) is 43.0 Å². The number of rotatable bonds is 10. The summed E-state index contributed by atoms with van der Waals surface area (Å²) in [5.41, 5.74) is 1.10. The lowest BCUT2D eigenvalue weighted by Gasteiger charge is -2.24. The minimum atomic E-state index is -0.0942. The van der Waals surface area contributed by atoms with E-state index in [0.717, 1.165) is 5.56 Å². The van der Waals surface area contributed by atoms with Gasteiger partial charge in [-0.05, 0) is 5.56 Å². The molecule has 0 saturated heterocycles. The SMILES string of the molecule is C=CC(CN(OCCO)OCCO)c1ccccc1. The van der Waals surface area contributed by atoms with Gasteiger partial charge in [-0.25, -0.2) is 0 Å². The van der Waals surface area contributed by atoms with Crippen molar-refractivity contribution in [2.24, 2.45) is 0 Å². The van der Waals surface area contributed by atoms with Gasteiger partial charge in [0.15, 0.2) is 0 Å². The predicted octanol–water partition coefficient (Wildman–Crippen LogP) is 1.11. The van der Waals surface area contributed by atoms with Gasteiger partial charge in [-0.1, -0.05) is 41.6 Å². The Morgan fingerprint density at radius 3 is 2.16 bits per heavy atom. The molecular formula is C14H21NO4. The normalized spacial score (nSPS) is 12.6. The summed E-state index contributed by atoms with van der Waals surface area (Å²) in [4.78, 5) is 10.5. The first-order valence-corrected chi connectivity index (χ1v) is 6.24. The Morgan fingerprint density at radius 1 is 1.11 bits per heavy atom. The van der Waals surface area contributed by atoms with E-state index >= 15 is 0 Å². The van der Waals surface area contributed by atoms with Crippen molar-refractivity contribution in [1.82, 2.24) is 5.23 Å². The maximum Gasteiger partial charge on any atom is 0.0942 e. The fourth-order valence-electron chi connectivity index (χ4n) is 1.60. The summed E-state index contributed by atoms with van der Waals surface area (Å²) < 4.78 is 0. The number of aliphatic hydroxyl groups excluding tert-OH is 2. The van der Waals surface area contributed by atoms with E-state index in [1.54, 1.807) is 0 Å². The zero-order valence-electron chi connectivity index (χ0n) is 10.9. The standard InChI is InChI=1S/C14H21NO4/c1-2-13(14-6-4-3-5-7-14)12-15(18-10-8-16)19-11-9-17/h2-7,13,16-17H,1,8-12H2. The lowest BCUT2D eigenvalue weighted by molar-refractivity contribution is -0.371. The lowest BCUT2D eigenvalue weighted by Crippen LogP contribution is -2.31. The molecule has 1 unspecified atom stereocenters. The maximum atomic E-state index is 8.77. The van der Waals surface area contributed by atoms with Gasteiger partial charge in [0.1, 0.15) is 0 Å². The van der Waals surface area contributed by atoms with Gasteiger partial charge in [0.25, 0.3) is 0 Å². The number of hydrogen-bond donors (Lipinski definition) is 2. The minimum Gasteiger partial charge on any atom is -0.394 e. The molecule has 2 N–H and O–H groups in total. The Labute approximate surface area is 113 Å². The smallest absolute Gasteiger partial charge is 0.0942 e. The first-order chi connectivity index (χ1) is 9.31. The molecule has 0 aliphatic rings. The zero-order chi connectivity index (χ0) is 13.9. The van der Waals surface area contributed by atoms with Crippen LogP contribution in [0.3, 0.4) is 0 Å². The maximum absolute atomic E-state index is 8.77. The molecule has 0 fully saturated rings. The summed E-state index contributed by atoms with van der Waals surface area (Å²) >= 11 is 0. The molecule has 0 saturated carbocycles. The van der Waals surface area contributed by atoms with Crippen LogP contribution < -0.4 is 0 Å². The third-order valence-corrected chi connectivity index (χ3v) is 2.51. The molecule has 1 aromatic carbocycles. The molecule has 1 atom stereocenters. The van der Waals surface area contributed by atoms with Crippen molar-refractivity contribution in [1.29, 1.82) is 0 Å². The van der Waals surface area contributed by atoms with Crippen molar-refractivity contribution in [2.45, 2.75) is 5.92 Å². The van der Waals surface area contributed by atoms with Crippen LogP contribution in [0.2, 0.25) is 0 Å². The largest absolute Gasteiger partial charge is 0.394 e. The molecule has 1 rings (SSSR count). The van der Waals surface area contributed by atoms with Crippen molar-refractivity contribution >= 4 is 0 Å². The third kappa shape index (κ3) is 5.96. The molecule has 0 spiro atoms. The number of aliphatic hydroxyl groups is 2. The summed E-state index contributed by atoms with van der Waals surface area (Å²) in [5.74, 6) is 0.0404. The first kappa shape index (κ1) is 15.8. The topological polar surface area (TPSA) is 62.2 Å². The quantitative estimate of drug-likeness (QED) is 0.491. The molecule has 0 aliphatic heterocycles. The van der Waals surface area contributed by atoms with Gasteiger partial charge in [0.05, 0.1) is 33.0 Å². The number of hydroxylamine groups is 2. The van der Waals surface area contributed by atoms with Crippen molar-refractivity contribution in [3.8, 4) is 0 Å². The van der Waals surface area contributed by atoms with Gasteiger partial charge in [-0.2, -0.15) is 0 Å². The molecule has 0 radical (unpaired) electrons. The summed E-state index contributed by atoms with van der Waals surface area (Å²) in [6.45, 7) is 4.35. The van der Waals surface area contributed by atoms with E-state index in [1.165, 1.54) is 5.23 Å². The Balaban J connectivity index is 2.60. The summed E-state index contributed by atoms with van der Waals surface area (Å²) in [5, 5.41) is 18.8. The summed E-state index contributed by atoms with van der Waals surface area (Å²) in [6, 6.07) is 9.87. The Bertz CT molecular complexity index is 337. The highest BCUT2D eigenvalue weighted by atomic mass is 16.9. The van der Waals surface area contributed by atoms with Crippen LogP contribution in [0.4, 0.5) is 0 Å². The molecule has 19 heavy (non-hydrogen) atoms. The minimum absolute atomic E-state index is 0.0404. The number of benzene rings is 1. The van der Waals surface area contributed by atoms with Gasteiger partial charge >= 0.3 is 0 Å². The van der Waals surface area contributed by atoms with Gasteiger partial charge in [0.2, 0.25) is 0 Å². The molecule has 0 bridgehead atoms. The highest BCUT2D eigenvalue weighted by Gasteiger charge is 2.14. The molecule has 5 heteroatoms. The second-order valence-electron chi connectivity index (χ2n) is 3.88. The van der Waals surface area contributed by atoms with Gasteiger partial charge in [0, 0.05) is 5.92 Å². The van der Waals surface area contributed by atoms with E-state index in [4.69, 9.17) is 19.9 Å². The molecular weight excluding hydrogens is 246 g/mol. The Morgan fingerprint density at radius 2 is 1.68 bits per heavy atom. The summed E-state index contributed by atoms with van der Waals surface area (Å²) in [7, 11) is 0. The molecule has 0 amide bonds. The monoisotopic (exact) mass is 267 g/mol. The van der Waals surface area contributed by atoms with Gasteiger partial charge in [-0.3, -0.25) is 9.68 Å². The van der Waals surface area contributed by atoms with Crippen molar-refractivity contribution in [3.63, 3.8) is 0 Å². The lowest BCUT2D eigenvalue weighted by atomic mass is 10.00. The fraction of sp³-hybridized carbons (Fsp3) is 0.429. The fourth-order valence-corrected chi connectivity index (χ4v) is 1.60. The Hall–Kier alpha value is -1.24. The molecule has 0 aliphatic carbocycles.